The van der Waals surface area contributed by atoms with Crippen LogP contribution in [0.2, 0.25) is 0 Å². The van der Waals surface area contributed by atoms with E-state index in [2.05, 4.69) is 12.2 Å². The predicted molar refractivity (Wildman–Crippen MR) is 73.0 cm³/mol. The van der Waals surface area contributed by atoms with Gasteiger partial charge in [-0.2, -0.15) is 0 Å². The second kappa shape index (κ2) is 7.37. The molecule has 102 valence electrons. The molecule has 0 saturated heterocycles. The topological polar surface area (TPSA) is 46.2 Å². The summed E-state index contributed by atoms with van der Waals surface area (Å²) in [6.07, 6.45) is 9.64. The zero-order valence-corrected chi connectivity index (χ0v) is 12.1. The highest BCUT2D eigenvalue weighted by Gasteiger charge is 2.21. The second-order valence-electron chi connectivity index (χ2n) is 5.46. The summed E-state index contributed by atoms with van der Waals surface area (Å²) in [7, 11) is -2.79. The Morgan fingerprint density at radius 1 is 1.35 bits per heavy atom. The molecule has 1 N–H and O–H groups in total. The molecule has 1 fully saturated rings. The molecule has 0 spiro atoms. The van der Waals surface area contributed by atoms with E-state index in [-0.39, 0.29) is 0 Å². The Bertz CT molecular complexity index is 297. The average molecular weight is 261 g/mol. The molecule has 0 heterocycles. The Kier molecular flexibility index (Phi) is 6.49. The third-order valence-corrected chi connectivity index (χ3v) is 4.62. The van der Waals surface area contributed by atoms with Crippen LogP contribution < -0.4 is 5.32 Å². The molecule has 1 unspecified atom stereocenters. The molecule has 0 aliphatic heterocycles. The van der Waals surface area contributed by atoms with Gasteiger partial charge in [0.25, 0.3) is 0 Å². The molecule has 4 heteroatoms. The Labute approximate surface area is 106 Å². The van der Waals surface area contributed by atoms with E-state index in [4.69, 9.17) is 0 Å². The standard InChI is InChI=1S/C13H27NO2S/c1-3-9-14-13(11-12-6-4-7-12)8-5-10-17(2,15)16/h12-14H,3-11H2,1-2H3. The summed E-state index contributed by atoms with van der Waals surface area (Å²) in [6, 6.07) is 0.530. The van der Waals surface area contributed by atoms with Crippen molar-refractivity contribution >= 4 is 9.84 Å². The molecule has 0 amide bonds. The first-order valence-corrected chi connectivity index (χ1v) is 8.98. The monoisotopic (exact) mass is 261 g/mol. The Hall–Kier alpha value is -0.0900. The third-order valence-electron chi connectivity index (χ3n) is 3.59. The zero-order valence-electron chi connectivity index (χ0n) is 11.2. The Morgan fingerprint density at radius 2 is 2.06 bits per heavy atom. The van der Waals surface area contributed by atoms with Gasteiger partial charge >= 0.3 is 0 Å². The van der Waals surface area contributed by atoms with Crippen LogP contribution in [0.15, 0.2) is 0 Å². The minimum Gasteiger partial charge on any atom is -0.314 e. The highest BCUT2D eigenvalue weighted by atomic mass is 32.2. The van der Waals surface area contributed by atoms with Gasteiger partial charge in [-0.05, 0) is 38.1 Å². The summed E-state index contributed by atoms with van der Waals surface area (Å²) in [4.78, 5) is 0. The molecule has 1 atom stereocenters. The molecule has 1 rings (SSSR count). The van der Waals surface area contributed by atoms with E-state index in [9.17, 15) is 8.42 Å². The van der Waals surface area contributed by atoms with Crippen molar-refractivity contribution in [3.63, 3.8) is 0 Å². The van der Waals surface area contributed by atoms with Crippen LogP contribution in [0.5, 0.6) is 0 Å². The van der Waals surface area contributed by atoms with Crippen molar-refractivity contribution in [2.45, 2.75) is 57.9 Å². The summed E-state index contributed by atoms with van der Waals surface area (Å²) in [5.74, 6) is 1.23. The molecular formula is C13H27NO2S. The maximum atomic E-state index is 11.1. The van der Waals surface area contributed by atoms with E-state index < -0.39 is 9.84 Å². The first kappa shape index (κ1) is 15.0. The fraction of sp³-hybridized carbons (Fsp3) is 1.00. The molecule has 1 aliphatic rings. The summed E-state index contributed by atoms with van der Waals surface area (Å²) in [5, 5.41) is 3.56. The number of hydrogen-bond acceptors (Lipinski definition) is 3. The highest BCUT2D eigenvalue weighted by Crippen LogP contribution is 2.31. The number of nitrogens with one attached hydrogen (secondary N) is 1. The molecular weight excluding hydrogens is 234 g/mol. The van der Waals surface area contributed by atoms with E-state index in [1.165, 1.54) is 31.9 Å². The van der Waals surface area contributed by atoms with Crippen molar-refractivity contribution in [2.75, 3.05) is 18.6 Å². The second-order valence-corrected chi connectivity index (χ2v) is 7.72. The predicted octanol–water partition coefficient (Wildman–Crippen LogP) is 2.37. The van der Waals surface area contributed by atoms with Gasteiger partial charge in [-0.15, -0.1) is 0 Å². The summed E-state index contributed by atoms with van der Waals surface area (Å²) >= 11 is 0. The van der Waals surface area contributed by atoms with Crippen LogP contribution in [0.25, 0.3) is 0 Å². The van der Waals surface area contributed by atoms with Gasteiger partial charge in [-0.1, -0.05) is 26.2 Å². The lowest BCUT2D eigenvalue weighted by Gasteiger charge is -2.30. The van der Waals surface area contributed by atoms with E-state index in [0.717, 1.165) is 31.7 Å². The molecule has 1 aliphatic carbocycles. The minimum atomic E-state index is -2.79. The van der Waals surface area contributed by atoms with Crippen LogP contribution in [0.3, 0.4) is 0 Å². The Morgan fingerprint density at radius 3 is 2.53 bits per heavy atom. The van der Waals surface area contributed by atoms with Crippen molar-refractivity contribution in [3.8, 4) is 0 Å². The molecule has 0 bridgehead atoms. The normalized spacial score (nSPS) is 18.9. The van der Waals surface area contributed by atoms with Crippen molar-refractivity contribution in [1.82, 2.24) is 5.32 Å². The first-order chi connectivity index (χ1) is 8.01. The zero-order chi connectivity index (χ0) is 12.7. The van der Waals surface area contributed by atoms with Gasteiger partial charge in [-0.25, -0.2) is 8.42 Å². The van der Waals surface area contributed by atoms with Crippen molar-refractivity contribution in [1.29, 1.82) is 0 Å². The van der Waals surface area contributed by atoms with Gasteiger partial charge in [0, 0.05) is 18.1 Å². The fourth-order valence-corrected chi connectivity index (χ4v) is 3.07. The van der Waals surface area contributed by atoms with E-state index in [1.54, 1.807) is 0 Å². The largest absolute Gasteiger partial charge is 0.314 e. The van der Waals surface area contributed by atoms with Crippen LogP contribution in [-0.2, 0) is 9.84 Å². The van der Waals surface area contributed by atoms with Gasteiger partial charge in [0.05, 0.1) is 0 Å². The molecule has 3 nitrogen and oxygen atoms in total. The Balaban J connectivity index is 2.23. The van der Waals surface area contributed by atoms with Crippen molar-refractivity contribution in [3.05, 3.63) is 0 Å². The summed E-state index contributed by atoms with van der Waals surface area (Å²) < 4.78 is 22.2. The molecule has 0 radical (unpaired) electrons. The minimum absolute atomic E-state index is 0.335. The molecule has 0 aromatic heterocycles. The molecule has 1 saturated carbocycles. The van der Waals surface area contributed by atoms with E-state index >= 15 is 0 Å². The maximum absolute atomic E-state index is 11.1. The van der Waals surface area contributed by atoms with E-state index in [1.807, 2.05) is 0 Å². The lowest BCUT2D eigenvalue weighted by Crippen LogP contribution is -2.33. The maximum Gasteiger partial charge on any atom is 0.147 e. The summed E-state index contributed by atoms with van der Waals surface area (Å²) in [6.45, 7) is 3.22. The quantitative estimate of drug-likeness (QED) is 0.693. The van der Waals surface area contributed by atoms with Gasteiger partial charge in [-0.3, -0.25) is 0 Å². The van der Waals surface area contributed by atoms with Crippen LogP contribution >= 0.6 is 0 Å². The third kappa shape index (κ3) is 7.04. The van der Waals surface area contributed by atoms with Crippen LogP contribution in [0.1, 0.15) is 51.9 Å². The van der Waals surface area contributed by atoms with Gasteiger partial charge in [0.2, 0.25) is 0 Å². The smallest absolute Gasteiger partial charge is 0.147 e. The van der Waals surface area contributed by atoms with Crippen LogP contribution in [-0.4, -0.2) is 33.0 Å². The summed E-state index contributed by atoms with van der Waals surface area (Å²) in [5.41, 5.74) is 0. The van der Waals surface area contributed by atoms with E-state index in [0.29, 0.717) is 11.8 Å². The number of rotatable bonds is 9. The van der Waals surface area contributed by atoms with Crippen molar-refractivity contribution < 1.29 is 8.42 Å². The lowest BCUT2D eigenvalue weighted by molar-refractivity contribution is 0.253. The lowest BCUT2D eigenvalue weighted by atomic mass is 9.80. The van der Waals surface area contributed by atoms with Crippen LogP contribution in [0, 0.1) is 5.92 Å². The fourth-order valence-electron chi connectivity index (χ4n) is 2.37. The van der Waals surface area contributed by atoms with Crippen molar-refractivity contribution in [2.24, 2.45) is 5.92 Å². The SMILES string of the molecule is CCCNC(CCCS(C)(=O)=O)CC1CCC1. The van der Waals surface area contributed by atoms with Gasteiger partial charge in [0.15, 0.2) is 0 Å². The average Bonchev–Trinajstić information content (AvgIpc) is 2.16. The first-order valence-electron chi connectivity index (χ1n) is 6.92. The van der Waals surface area contributed by atoms with Crippen LogP contribution in [0.4, 0.5) is 0 Å². The number of hydrogen-bond donors (Lipinski definition) is 1. The van der Waals surface area contributed by atoms with Gasteiger partial charge in [0.1, 0.15) is 9.84 Å². The molecule has 0 aromatic rings. The molecule has 0 aromatic carbocycles. The highest BCUT2D eigenvalue weighted by molar-refractivity contribution is 7.90. The van der Waals surface area contributed by atoms with Gasteiger partial charge < -0.3 is 5.32 Å². The number of sulfone groups is 1. The molecule has 17 heavy (non-hydrogen) atoms.